The van der Waals surface area contributed by atoms with Crippen LogP contribution in [0, 0.1) is 13.8 Å². The van der Waals surface area contributed by atoms with Gasteiger partial charge in [0.2, 0.25) is 5.95 Å². The van der Waals surface area contributed by atoms with Crippen LogP contribution in [0.2, 0.25) is 0 Å². The van der Waals surface area contributed by atoms with Crippen LogP contribution in [-0.2, 0) is 10.0 Å². The van der Waals surface area contributed by atoms with E-state index in [1.165, 1.54) is 42.5 Å². The lowest BCUT2D eigenvalue weighted by Gasteiger charge is -2.08. The molecule has 0 aliphatic heterocycles. The molecule has 4 rings (SSSR count). The monoisotopic (exact) mass is 449 g/mol. The van der Waals surface area contributed by atoms with Gasteiger partial charge in [0.15, 0.2) is 0 Å². The third-order valence-corrected chi connectivity index (χ3v) is 5.92. The number of azo groups is 1. The number of fused-ring (bicyclic) bond motifs is 1. The molecule has 1 aromatic heterocycles. The number of phenolic OH excluding ortho intramolecular Hbond substituents is 2. The summed E-state index contributed by atoms with van der Waals surface area (Å²) in [6, 6.07) is 15.4. The Hall–Kier alpha value is -4.05. The van der Waals surface area contributed by atoms with Crippen LogP contribution in [0.15, 0.2) is 75.8 Å². The molecule has 0 radical (unpaired) electrons. The van der Waals surface area contributed by atoms with E-state index < -0.39 is 10.0 Å². The minimum absolute atomic E-state index is 0.000877. The molecule has 4 aromatic rings. The summed E-state index contributed by atoms with van der Waals surface area (Å²) in [5.41, 5.74) is 1.87. The second-order valence-corrected chi connectivity index (χ2v) is 8.79. The Kier molecular flexibility index (Phi) is 5.45. The van der Waals surface area contributed by atoms with Crippen LogP contribution in [0.5, 0.6) is 11.5 Å². The predicted octanol–water partition coefficient (Wildman–Crippen LogP) is 4.87. The minimum atomic E-state index is -3.89. The lowest BCUT2D eigenvalue weighted by Crippen LogP contribution is -2.15. The summed E-state index contributed by atoms with van der Waals surface area (Å²) in [7, 11) is -3.89. The minimum Gasteiger partial charge on any atom is -0.508 e. The highest BCUT2D eigenvalue weighted by molar-refractivity contribution is 7.92. The molecule has 9 nitrogen and oxygen atoms in total. The molecule has 10 heteroatoms. The summed E-state index contributed by atoms with van der Waals surface area (Å²) >= 11 is 0. The van der Waals surface area contributed by atoms with E-state index in [-0.39, 0.29) is 28.0 Å². The largest absolute Gasteiger partial charge is 0.508 e. The van der Waals surface area contributed by atoms with E-state index in [1.54, 1.807) is 32.0 Å². The molecule has 0 saturated carbocycles. The van der Waals surface area contributed by atoms with E-state index in [1.807, 2.05) is 0 Å². The van der Waals surface area contributed by atoms with E-state index >= 15 is 0 Å². The van der Waals surface area contributed by atoms with Crippen molar-refractivity contribution >= 4 is 38.1 Å². The Balaban J connectivity index is 1.59. The normalized spacial score (nSPS) is 11.8. The van der Waals surface area contributed by atoms with Gasteiger partial charge in [0.25, 0.3) is 10.0 Å². The van der Waals surface area contributed by atoms with Gasteiger partial charge in [-0.05, 0) is 67.8 Å². The third-order valence-electron chi connectivity index (χ3n) is 4.58. The third kappa shape index (κ3) is 4.49. The standard InChI is InChI=1S/C22H19N5O4S/c1-13-11-14(2)24-22(23-13)27-32(30,31)18-8-5-16(6-9-18)25-26-21-19-12-17(28)7-3-15(19)4-10-20(21)29/h3-12,28-29H,1-2H3,(H,23,24,27). The average Bonchev–Trinajstić information content (AvgIpc) is 2.72. The highest BCUT2D eigenvalue weighted by Crippen LogP contribution is 2.37. The van der Waals surface area contributed by atoms with Crippen LogP contribution >= 0.6 is 0 Å². The number of nitrogens with one attached hydrogen (secondary N) is 1. The number of anilines is 1. The second kappa shape index (κ2) is 8.23. The lowest BCUT2D eigenvalue weighted by atomic mass is 10.1. The van der Waals surface area contributed by atoms with Crippen molar-refractivity contribution < 1.29 is 18.6 Å². The number of hydrogen-bond donors (Lipinski definition) is 3. The zero-order valence-electron chi connectivity index (χ0n) is 17.2. The predicted molar refractivity (Wildman–Crippen MR) is 120 cm³/mol. The van der Waals surface area contributed by atoms with E-state index in [0.29, 0.717) is 22.5 Å². The first-order chi connectivity index (χ1) is 15.2. The summed E-state index contributed by atoms with van der Waals surface area (Å²) in [4.78, 5) is 8.19. The van der Waals surface area contributed by atoms with Crippen molar-refractivity contribution in [3.63, 3.8) is 0 Å². The molecule has 0 saturated heterocycles. The molecule has 162 valence electrons. The van der Waals surface area contributed by atoms with Crippen LogP contribution in [0.25, 0.3) is 10.8 Å². The Bertz CT molecular complexity index is 1430. The molecule has 0 fully saturated rings. The summed E-state index contributed by atoms with van der Waals surface area (Å²) in [5, 5.41) is 29.4. The number of sulfonamides is 1. The van der Waals surface area contributed by atoms with Crippen LogP contribution in [0.4, 0.5) is 17.3 Å². The lowest BCUT2D eigenvalue weighted by molar-refractivity contribution is 0.475. The van der Waals surface area contributed by atoms with Crippen LogP contribution in [0.1, 0.15) is 11.4 Å². The highest BCUT2D eigenvalue weighted by atomic mass is 32.2. The molecule has 0 atom stereocenters. The van der Waals surface area contributed by atoms with Crippen LogP contribution in [0.3, 0.4) is 0 Å². The van der Waals surface area contributed by atoms with E-state index in [2.05, 4.69) is 24.9 Å². The Morgan fingerprint density at radius 2 is 1.50 bits per heavy atom. The topological polar surface area (TPSA) is 137 Å². The molecule has 32 heavy (non-hydrogen) atoms. The molecule has 0 aliphatic rings. The van der Waals surface area contributed by atoms with Gasteiger partial charge in [-0.3, -0.25) is 0 Å². The number of hydrogen-bond acceptors (Lipinski definition) is 8. The molecule has 0 amide bonds. The first-order valence-corrected chi connectivity index (χ1v) is 11.0. The van der Waals surface area contributed by atoms with Crippen molar-refractivity contribution in [1.82, 2.24) is 9.97 Å². The molecular formula is C22H19N5O4S. The fourth-order valence-electron chi connectivity index (χ4n) is 3.14. The first kappa shape index (κ1) is 21.2. The molecule has 0 aliphatic carbocycles. The van der Waals surface area contributed by atoms with Crippen LogP contribution < -0.4 is 4.72 Å². The molecule has 3 N–H and O–H groups in total. The Labute approximate surface area is 184 Å². The van der Waals surface area contributed by atoms with Gasteiger partial charge < -0.3 is 10.2 Å². The van der Waals surface area contributed by atoms with Gasteiger partial charge in [-0.25, -0.2) is 23.1 Å². The van der Waals surface area contributed by atoms with E-state index in [0.717, 1.165) is 5.39 Å². The molecule has 3 aromatic carbocycles. The van der Waals surface area contributed by atoms with Crippen LogP contribution in [-0.4, -0.2) is 28.6 Å². The van der Waals surface area contributed by atoms with Crippen molar-refractivity contribution in [2.45, 2.75) is 18.7 Å². The molecule has 0 spiro atoms. The molecule has 1 heterocycles. The van der Waals surface area contributed by atoms with Gasteiger partial charge in [-0.1, -0.05) is 12.1 Å². The summed E-state index contributed by atoms with van der Waals surface area (Å²) in [6.07, 6.45) is 0. The first-order valence-electron chi connectivity index (χ1n) is 9.53. The number of nitrogens with zero attached hydrogens (tertiary/aromatic N) is 4. The molecule has 0 unspecified atom stereocenters. The number of benzene rings is 3. The fourth-order valence-corrected chi connectivity index (χ4v) is 4.08. The maximum absolute atomic E-state index is 12.6. The van der Waals surface area contributed by atoms with Gasteiger partial charge in [-0.2, -0.15) is 5.11 Å². The van der Waals surface area contributed by atoms with Gasteiger partial charge in [0, 0.05) is 16.8 Å². The number of phenols is 2. The maximum Gasteiger partial charge on any atom is 0.264 e. The SMILES string of the molecule is Cc1cc(C)nc(NS(=O)(=O)c2ccc(N=Nc3c(O)ccc4ccc(O)cc34)cc2)n1. The maximum atomic E-state index is 12.6. The number of rotatable bonds is 5. The molecular weight excluding hydrogens is 430 g/mol. The second-order valence-electron chi connectivity index (χ2n) is 7.11. The number of aryl methyl sites for hydroxylation is 2. The van der Waals surface area contributed by atoms with Gasteiger partial charge >= 0.3 is 0 Å². The van der Waals surface area contributed by atoms with Crippen molar-refractivity contribution in [1.29, 1.82) is 0 Å². The van der Waals surface area contributed by atoms with E-state index in [9.17, 15) is 18.6 Å². The number of aromatic nitrogens is 2. The quantitative estimate of drug-likeness (QED) is 0.372. The Morgan fingerprint density at radius 1 is 0.844 bits per heavy atom. The van der Waals surface area contributed by atoms with Gasteiger partial charge in [0.1, 0.15) is 17.2 Å². The summed E-state index contributed by atoms with van der Waals surface area (Å²) in [6.45, 7) is 3.50. The van der Waals surface area contributed by atoms with E-state index in [4.69, 9.17) is 0 Å². The van der Waals surface area contributed by atoms with Crippen molar-refractivity contribution in [2.24, 2.45) is 10.2 Å². The van der Waals surface area contributed by atoms with Crippen molar-refractivity contribution in [3.05, 3.63) is 72.1 Å². The van der Waals surface area contributed by atoms with Crippen molar-refractivity contribution in [3.8, 4) is 11.5 Å². The van der Waals surface area contributed by atoms with Gasteiger partial charge in [0.05, 0.1) is 10.6 Å². The van der Waals surface area contributed by atoms with Gasteiger partial charge in [-0.15, -0.1) is 5.11 Å². The summed E-state index contributed by atoms with van der Waals surface area (Å²) in [5.74, 6) is -0.0564. The summed E-state index contributed by atoms with van der Waals surface area (Å²) < 4.78 is 27.6. The number of aromatic hydroxyl groups is 2. The average molecular weight is 449 g/mol. The zero-order valence-corrected chi connectivity index (χ0v) is 18.0. The Morgan fingerprint density at radius 3 is 2.19 bits per heavy atom. The zero-order chi connectivity index (χ0) is 22.9. The molecule has 0 bridgehead atoms. The smallest absolute Gasteiger partial charge is 0.264 e. The van der Waals surface area contributed by atoms with Crippen molar-refractivity contribution in [2.75, 3.05) is 4.72 Å². The fraction of sp³-hybridized carbons (Fsp3) is 0.0909. The highest BCUT2D eigenvalue weighted by Gasteiger charge is 2.16.